The summed E-state index contributed by atoms with van der Waals surface area (Å²) in [6, 6.07) is 4.00. The molecule has 0 radical (unpaired) electrons. The predicted molar refractivity (Wildman–Crippen MR) is 57.7 cm³/mol. The Morgan fingerprint density at radius 2 is 2.27 bits per heavy atom. The van der Waals surface area contributed by atoms with Gasteiger partial charge in [-0.15, -0.1) is 0 Å². The molecule has 1 aromatic carbocycles. The molecular formula is C10H9BrFNO2. The number of para-hydroxylation sites is 1. The van der Waals surface area contributed by atoms with Crippen LogP contribution in [0.4, 0.5) is 10.1 Å². The Morgan fingerprint density at radius 1 is 1.53 bits per heavy atom. The number of amides is 1. The van der Waals surface area contributed by atoms with Crippen molar-refractivity contribution < 1.29 is 14.3 Å². The molecule has 2 rings (SSSR count). The summed E-state index contributed by atoms with van der Waals surface area (Å²) in [7, 11) is 0. The van der Waals surface area contributed by atoms with Crippen LogP contribution >= 0.6 is 15.9 Å². The second kappa shape index (κ2) is 3.81. The van der Waals surface area contributed by atoms with Crippen molar-refractivity contribution in [2.24, 2.45) is 0 Å². The quantitative estimate of drug-likeness (QED) is 0.796. The summed E-state index contributed by atoms with van der Waals surface area (Å²) >= 11 is 3.30. The lowest BCUT2D eigenvalue weighted by molar-refractivity contribution is -0.117. The van der Waals surface area contributed by atoms with E-state index in [1.54, 1.807) is 0 Å². The number of carbonyl (C=O) groups excluding carboxylic acids is 1. The summed E-state index contributed by atoms with van der Waals surface area (Å²) in [5, 5.41) is 9.51. The van der Waals surface area contributed by atoms with Crippen molar-refractivity contribution >= 4 is 27.5 Å². The minimum Gasteiger partial charge on any atom is -0.506 e. The van der Waals surface area contributed by atoms with Crippen molar-refractivity contribution in [3.63, 3.8) is 0 Å². The van der Waals surface area contributed by atoms with Crippen LogP contribution in [0.25, 0.3) is 0 Å². The minimum atomic E-state index is -0.579. The lowest BCUT2D eigenvalue weighted by Gasteiger charge is -2.17. The summed E-state index contributed by atoms with van der Waals surface area (Å²) in [5.74, 6) is -0.966. The van der Waals surface area contributed by atoms with E-state index in [1.165, 1.54) is 23.1 Å². The average molecular weight is 274 g/mol. The largest absolute Gasteiger partial charge is 0.506 e. The van der Waals surface area contributed by atoms with Gasteiger partial charge in [0.1, 0.15) is 11.4 Å². The molecule has 5 heteroatoms. The number of halogens is 2. The standard InChI is InChI=1S/C10H9BrFNO2/c11-6-4-9(15)13(5-6)10-7(12)2-1-3-8(10)14/h1-3,6,14H,4-5H2. The summed E-state index contributed by atoms with van der Waals surface area (Å²) in [6.07, 6.45) is 0.327. The number of carbonyl (C=O) groups is 1. The molecule has 3 nitrogen and oxygen atoms in total. The number of aromatic hydroxyl groups is 1. The van der Waals surface area contributed by atoms with Gasteiger partial charge in [-0.05, 0) is 12.1 Å². The molecule has 0 bridgehead atoms. The van der Waals surface area contributed by atoms with E-state index in [-0.39, 0.29) is 22.2 Å². The van der Waals surface area contributed by atoms with Crippen LogP contribution in [0.5, 0.6) is 5.75 Å². The van der Waals surface area contributed by atoms with Gasteiger partial charge in [0.15, 0.2) is 5.82 Å². The third kappa shape index (κ3) is 1.84. The Labute approximate surface area is 94.6 Å². The van der Waals surface area contributed by atoms with Gasteiger partial charge in [-0.3, -0.25) is 4.79 Å². The van der Waals surface area contributed by atoms with Crippen LogP contribution in [-0.2, 0) is 4.79 Å². The van der Waals surface area contributed by atoms with Crippen molar-refractivity contribution in [2.75, 3.05) is 11.4 Å². The molecule has 1 saturated heterocycles. The predicted octanol–water partition coefficient (Wildman–Crippen LogP) is 2.03. The van der Waals surface area contributed by atoms with Gasteiger partial charge in [-0.25, -0.2) is 4.39 Å². The monoisotopic (exact) mass is 273 g/mol. The second-order valence-electron chi connectivity index (χ2n) is 3.41. The zero-order chi connectivity index (χ0) is 11.0. The number of hydrogen-bond acceptors (Lipinski definition) is 2. The third-order valence-electron chi connectivity index (χ3n) is 2.31. The van der Waals surface area contributed by atoms with Gasteiger partial charge in [0.2, 0.25) is 5.91 Å². The number of phenolic OH excluding ortho intramolecular Hbond substituents is 1. The molecule has 1 aromatic rings. The van der Waals surface area contributed by atoms with Crippen LogP contribution in [0.15, 0.2) is 18.2 Å². The highest BCUT2D eigenvalue weighted by atomic mass is 79.9. The van der Waals surface area contributed by atoms with E-state index in [1.807, 2.05) is 0 Å². The molecule has 1 amide bonds. The minimum absolute atomic E-state index is 0.0176. The normalized spacial score (nSPS) is 21.1. The number of hydrogen-bond donors (Lipinski definition) is 1. The van der Waals surface area contributed by atoms with E-state index in [4.69, 9.17) is 0 Å². The number of nitrogens with zero attached hydrogens (tertiary/aromatic N) is 1. The van der Waals surface area contributed by atoms with E-state index in [0.717, 1.165) is 0 Å². The summed E-state index contributed by atoms with van der Waals surface area (Å²) in [5.41, 5.74) is -0.0237. The number of phenols is 1. The Hall–Kier alpha value is -1.10. The van der Waals surface area contributed by atoms with Crippen LogP contribution < -0.4 is 4.90 Å². The van der Waals surface area contributed by atoms with Crippen LogP contribution in [0.1, 0.15) is 6.42 Å². The van der Waals surface area contributed by atoms with Gasteiger partial charge in [-0.2, -0.15) is 0 Å². The van der Waals surface area contributed by atoms with Crippen molar-refractivity contribution in [2.45, 2.75) is 11.2 Å². The van der Waals surface area contributed by atoms with Crippen LogP contribution in [0.2, 0.25) is 0 Å². The van der Waals surface area contributed by atoms with Crippen molar-refractivity contribution in [3.05, 3.63) is 24.0 Å². The number of alkyl halides is 1. The first kappa shape index (κ1) is 10.4. The van der Waals surface area contributed by atoms with E-state index in [2.05, 4.69) is 15.9 Å². The SMILES string of the molecule is O=C1CC(Br)CN1c1c(O)cccc1F. The van der Waals surface area contributed by atoms with Gasteiger partial charge in [-0.1, -0.05) is 22.0 Å². The summed E-state index contributed by atoms with van der Waals surface area (Å²) in [6.45, 7) is 0.382. The fraction of sp³-hybridized carbons (Fsp3) is 0.300. The second-order valence-corrected chi connectivity index (χ2v) is 4.71. The molecule has 1 aliphatic rings. The van der Waals surface area contributed by atoms with Crippen molar-refractivity contribution in [3.8, 4) is 5.75 Å². The van der Waals surface area contributed by atoms with E-state index in [9.17, 15) is 14.3 Å². The lowest BCUT2D eigenvalue weighted by Crippen LogP contribution is -2.25. The molecule has 0 aliphatic carbocycles. The summed E-state index contributed by atoms with van der Waals surface area (Å²) < 4.78 is 13.4. The molecule has 0 spiro atoms. The van der Waals surface area contributed by atoms with Crippen LogP contribution in [-0.4, -0.2) is 22.4 Å². The number of anilines is 1. The van der Waals surface area contributed by atoms with Crippen LogP contribution in [0, 0.1) is 5.82 Å². The van der Waals surface area contributed by atoms with Gasteiger partial charge in [0.25, 0.3) is 0 Å². The Morgan fingerprint density at radius 3 is 2.80 bits per heavy atom. The molecule has 1 unspecified atom stereocenters. The summed E-state index contributed by atoms with van der Waals surface area (Å²) in [4.78, 5) is 12.8. The van der Waals surface area contributed by atoms with Crippen LogP contribution in [0.3, 0.4) is 0 Å². The van der Waals surface area contributed by atoms with Gasteiger partial charge < -0.3 is 10.0 Å². The average Bonchev–Trinajstić information content (AvgIpc) is 2.45. The first-order valence-corrected chi connectivity index (χ1v) is 5.43. The molecule has 1 aliphatic heterocycles. The van der Waals surface area contributed by atoms with E-state index < -0.39 is 5.82 Å². The van der Waals surface area contributed by atoms with E-state index >= 15 is 0 Å². The Bertz CT molecular complexity index is 390. The molecule has 0 aromatic heterocycles. The molecule has 80 valence electrons. The zero-order valence-electron chi connectivity index (χ0n) is 7.78. The van der Waals surface area contributed by atoms with Gasteiger partial charge in [0, 0.05) is 17.8 Å². The molecule has 0 saturated carbocycles. The first-order valence-electron chi connectivity index (χ1n) is 4.51. The van der Waals surface area contributed by atoms with Crippen molar-refractivity contribution in [1.82, 2.24) is 0 Å². The highest BCUT2D eigenvalue weighted by Gasteiger charge is 2.31. The lowest BCUT2D eigenvalue weighted by atomic mass is 10.2. The number of rotatable bonds is 1. The van der Waals surface area contributed by atoms with E-state index in [0.29, 0.717) is 13.0 Å². The number of benzene rings is 1. The maximum absolute atomic E-state index is 13.4. The molecular weight excluding hydrogens is 265 g/mol. The molecule has 1 N–H and O–H groups in total. The third-order valence-corrected chi connectivity index (χ3v) is 2.93. The topological polar surface area (TPSA) is 40.5 Å². The molecule has 1 atom stereocenters. The van der Waals surface area contributed by atoms with Gasteiger partial charge in [0.05, 0.1) is 0 Å². The zero-order valence-corrected chi connectivity index (χ0v) is 9.37. The fourth-order valence-electron chi connectivity index (χ4n) is 1.65. The van der Waals surface area contributed by atoms with Gasteiger partial charge >= 0.3 is 0 Å². The Balaban J connectivity index is 2.41. The maximum Gasteiger partial charge on any atom is 0.228 e. The maximum atomic E-state index is 13.4. The highest BCUT2D eigenvalue weighted by molar-refractivity contribution is 9.09. The molecule has 1 heterocycles. The Kier molecular flexibility index (Phi) is 2.65. The molecule has 15 heavy (non-hydrogen) atoms. The first-order chi connectivity index (χ1) is 7.09. The molecule has 1 fully saturated rings. The highest BCUT2D eigenvalue weighted by Crippen LogP contribution is 2.34. The van der Waals surface area contributed by atoms with Crippen molar-refractivity contribution in [1.29, 1.82) is 0 Å². The fourth-order valence-corrected chi connectivity index (χ4v) is 2.22. The smallest absolute Gasteiger partial charge is 0.228 e.